The molecule has 6 nitrogen and oxygen atoms in total. The Bertz CT molecular complexity index is 590. The average molecular weight is 288 g/mol. The van der Waals surface area contributed by atoms with E-state index in [1.54, 1.807) is 26.6 Å². The van der Waals surface area contributed by atoms with Gasteiger partial charge < -0.3 is 20.1 Å². The molecule has 0 unspecified atom stereocenters. The van der Waals surface area contributed by atoms with Gasteiger partial charge in [0.1, 0.15) is 23.1 Å². The van der Waals surface area contributed by atoms with Crippen molar-refractivity contribution in [3.05, 3.63) is 36.2 Å². The van der Waals surface area contributed by atoms with Gasteiger partial charge >= 0.3 is 0 Å². The lowest BCUT2D eigenvalue weighted by Gasteiger charge is -2.12. The zero-order valence-electron chi connectivity index (χ0n) is 12.5. The van der Waals surface area contributed by atoms with Crippen LogP contribution >= 0.6 is 0 Å². The molecule has 2 rings (SSSR count). The van der Waals surface area contributed by atoms with E-state index in [9.17, 15) is 0 Å². The van der Waals surface area contributed by atoms with Gasteiger partial charge in [0.05, 0.1) is 26.6 Å². The van der Waals surface area contributed by atoms with Gasteiger partial charge in [-0.3, -0.25) is 4.98 Å². The molecule has 0 amide bonds. The molecule has 0 aliphatic carbocycles. The van der Waals surface area contributed by atoms with E-state index in [1.807, 2.05) is 25.1 Å². The summed E-state index contributed by atoms with van der Waals surface area (Å²) >= 11 is 0. The molecule has 2 N–H and O–H groups in total. The van der Waals surface area contributed by atoms with Crippen LogP contribution in [-0.4, -0.2) is 30.7 Å². The Morgan fingerprint density at radius 1 is 1.05 bits per heavy atom. The van der Waals surface area contributed by atoms with E-state index < -0.39 is 0 Å². The third-order valence-electron chi connectivity index (χ3n) is 2.95. The lowest BCUT2D eigenvalue weighted by atomic mass is 10.2. The summed E-state index contributed by atoms with van der Waals surface area (Å²) in [6.07, 6.45) is 3.39. The summed E-state index contributed by atoms with van der Waals surface area (Å²) in [6.45, 7) is 3.42. The summed E-state index contributed by atoms with van der Waals surface area (Å²) in [5.41, 5.74) is 1.02. The minimum absolute atomic E-state index is 0.595. The predicted octanol–water partition coefficient (Wildman–Crippen LogP) is 2.54. The normalized spacial score (nSPS) is 10.0. The van der Waals surface area contributed by atoms with E-state index in [4.69, 9.17) is 9.47 Å². The highest BCUT2D eigenvalue weighted by atomic mass is 16.5. The zero-order chi connectivity index (χ0) is 15.1. The number of nitrogens with one attached hydrogen (secondary N) is 2. The number of rotatable bonds is 7. The van der Waals surface area contributed by atoms with Crippen LogP contribution in [-0.2, 0) is 6.54 Å². The Hall–Kier alpha value is -2.50. The minimum atomic E-state index is 0.595. The molecule has 0 aliphatic heterocycles. The first kappa shape index (κ1) is 14.9. The Morgan fingerprint density at radius 2 is 1.81 bits per heavy atom. The van der Waals surface area contributed by atoms with Gasteiger partial charge in [0, 0.05) is 24.7 Å². The van der Waals surface area contributed by atoms with E-state index in [-0.39, 0.29) is 0 Å². The first-order valence-electron chi connectivity index (χ1n) is 6.77. The van der Waals surface area contributed by atoms with Crippen molar-refractivity contribution in [3.8, 4) is 11.5 Å². The molecule has 0 spiro atoms. The maximum atomic E-state index is 5.37. The molecule has 0 radical (unpaired) electrons. The molecule has 0 saturated heterocycles. The predicted molar refractivity (Wildman–Crippen MR) is 83.1 cm³/mol. The van der Waals surface area contributed by atoms with E-state index >= 15 is 0 Å². The first-order chi connectivity index (χ1) is 10.3. The molecule has 112 valence electrons. The van der Waals surface area contributed by atoms with Gasteiger partial charge in [-0.05, 0) is 19.1 Å². The molecule has 1 aromatic carbocycles. The smallest absolute Gasteiger partial charge is 0.147 e. The summed E-state index contributed by atoms with van der Waals surface area (Å²) in [4.78, 5) is 8.56. The summed E-state index contributed by atoms with van der Waals surface area (Å²) in [5.74, 6) is 3.01. The fourth-order valence-electron chi connectivity index (χ4n) is 1.90. The third-order valence-corrected chi connectivity index (χ3v) is 2.95. The second-order valence-electron chi connectivity index (χ2n) is 4.35. The van der Waals surface area contributed by atoms with Gasteiger partial charge in [-0.15, -0.1) is 0 Å². The first-order valence-corrected chi connectivity index (χ1v) is 6.77. The highest BCUT2D eigenvalue weighted by Gasteiger charge is 2.05. The van der Waals surface area contributed by atoms with Gasteiger partial charge in [-0.25, -0.2) is 4.98 Å². The average Bonchev–Trinajstić information content (AvgIpc) is 2.53. The van der Waals surface area contributed by atoms with E-state index in [0.29, 0.717) is 12.4 Å². The van der Waals surface area contributed by atoms with Crippen molar-refractivity contribution in [1.82, 2.24) is 9.97 Å². The molecule has 0 saturated carbocycles. The molecule has 1 aromatic heterocycles. The molecule has 2 aromatic rings. The number of ether oxygens (including phenoxy) is 2. The number of nitrogens with zero attached hydrogens (tertiary/aromatic N) is 2. The van der Waals surface area contributed by atoms with Crippen LogP contribution in [0.15, 0.2) is 30.6 Å². The lowest BCUT2D eigenvalue weighted by Crippen LogP contribution is -2.06. The SMILES string of the molecule is CCNc1cncc(NCc2ccc(OC)cc2OC)n1. The molecule has 0 bridgehead atoms. The molecular weight excluding hydrogens is 268 g/mol. The van der Waals surface area contributed by atoms with Crippen LogP contribution in [0.5, 0.6) is 11.5 Å². The van der Waals surface area contributed by atoms with Crippen molar-refractivity contribution in [2.75, 3.05) is 31.4 Å². The number of hydrogen-bond donors (Lipinski definition) is 2. The maximum Gasteiger partial charge on any atom is 0.147 e. The molecule has 1 heterocycles. The van der Waals surface area contributed by atoms with Crippen LogP contribution in [0, 0.1) is 0 Å². The maximum absolute atomic E-state index is 5.37. The molecule has 0 atom stereocenters. The minimum Gasteiger partial charge on any atom is -0.497 e. The zero-order valence-corrected chi connectivity index (χ0v) is 12.5. The van der Waals surface area contributed by atoms with Crippen molar-refractivity contribution in [2.24, 2.45) is 0 Å². The van der Waals surface area contributed by atoms with Gasteiger partial charge in [-0.1, -0.05) is 0 Å². The number of aromatic nitrogens is 2. The fourth-order valence-corrected chi connectivity index (χ4v) is 1.90. The van der Waals surface area contributed by atoms with Crippen LogP contribution in [0.3, 0.4) is 0 Å². The Labute approximate surface area is 124 Å². The standard InChI is InChI=1S/C15H20N4O2/c1-4-17-14-9-16-10-15(19-14)18-8-11-5-6-12(20-2)7-13(11)21-3/h5-7,9-10H,4,8H2,1-3H3,(H2,17,18,19). The van der Waals surface area contributed by atoms with Gasteiger partial charge in [0.25, 0.3) is 0 Å². The fraction of sp³-hybridized carbons (Fsp3) is 0.333. The van der Waals surface area contributed by atoms with Crippen molar-refractivity contribution < 1.29 is 9.47 Å². The van der Waals surface area contributed by atoms with Gasteiger partial charge in [0.15, 0.2) is 0 Å². The van der Waals surface area contributed by atoms with Crippen LogP contribution in [0.1, 0.15) is 12.5 Å². The number of hydrogen-bond acceptors (Lipinski definition) is 6. The van der Waals surface area contributed by atoms with E-state index in [2.05, 4.69) is 20.6 Å². The van der Waals surface area contributed by atoms with E-state index in [0.717, 1.165) is 29.4 Å². The Balaban J connectivity index is 2.07. The molecule has 6 heteroatoms. The largest absolute Gasteiger partial charge is 0.497 e. The summed E-state index contributed by atoms with van der Waals surface area (Å²) in [7, 11) is 3.28. The van der Waals surface area contributed by atoms with Crippen molar-refractivity contribution >= 4 is 11.6 Å². The second kappa shape index (κ2) is 7.33. The topological polar surface area (TPSA) is 68.3 Å². The summed E-state index contributed by atoms with van der Waals surface area (Å²) < 4.78 is 10.6. The lowest BCUT2D eigenvalue weighted by molar-refractivity contribution is 0.391. The van der Waals surface area contributed by atoms with Crippen molar-refractivity contribution in [2.45, 2.75) is 13.5 Å². The molecular formula is C15H20N4O2. The number of benzene rings is 1. The number of anilines is 2. The van der Waals surface area contributed by atoms with Gasteiger partial charge in [0.2, 0.25) is 0 Å². The summed E-state index contributed by atoms with van der Waals surface area (Å²) in [5, 5.41) is 6.37. The van der Waals surface area contributed by atoms with Crippen LogP contribution in [0.2, 0.25) is 0 Å². The molecule has 21 heavy (non-hydrogen) atoms. The van der Waals surface area contributed by atoms with Crippen molar-refractivity contribution in [3.63, 3.8) is 0 Å². The quantitative estimate of drug-likeness (QED) is 0.816. The third kappa shape index (κ3) is 3.98. The Kier molecular flexibility index (Phi) is 5.20. The molecule has 0 fully saturated rings. The van der Waals surface area contributed by atoms with E-state index in [1.165, 1.54) is 0 Å². The van der Waals surface area contributed by atoms with Crippen LogP contribution in [0.25, 0.3) is 0 Å². The number of methoxy groups -OCH3 is 2. The molecule has 0 aliphatic rings. The summed E-state index contributed by atoms with van der Waals surface area (Å²) in [6, 6.07) is 5.73. The van der Waals surface area contributed by atoms with Crippen molar-refractivity contribution in [1.29, 1.82) is 0 Å². The monoisotopic (exact) mass is 288 g/mol. The second-order valence-corrected chi connectivity index (χ2v) is 4.35. The van der Waals surface area contributed by atoms with Crippen LogP contribution in [0.4, 0.5) is 11.6 Å². The van der Waals surface area contributed by atoms with Crippen LogP contribution < -0.4 is 20.1 Å². The Morgan fingerprint density at radius 3 is 2.48 bits per heavy atom. The highest BCUT2D eigenvalue weighted by molar-refractivity contribution is 5.45. The van der Waals surface area contributed by atoms with Gasteiger partial charge in [-0.2, -0.15) is 0 Å². The highest BCUT2D eigenvalue weighted by Crippen LogP contribution is 2.25.